The largest absolute Gasteiger partial charge is 0.350 e. The maximum atomic E-state index is 12.5. The second-order valence-corrected chi connectivity index (χ2v) is 3.53. The van der Waals surface area contributed by atoms with Crippen molar-refractivity contribution in [1.29, 1.82) is 0 Å². The normalized spacial score (nSPS) is 12.9. The van der Waals surface area contributed by atoms with Gasteiger partial charge in [0.2, 0.25) is 5.95 Å². The van der Waals surface area contributed by atoms with Gasteiger partial charge >= 0.3 is 0 Å². The van der Waals surface area contributed by atoms with Crippen molar-refractivity contribution in [2.75, 3.05) is 26.0 Å². The van der Waals surface area contributed by atoms with Crippen molar-refractivity contribution in [2.45, 2.75) is 13.0 Å². The van der Waals surface area contributed by atoms with Gasteiger partial charge in [0.15, 0.2) is 5.82 Å². The summed E-state index contributed by atoms with van der Waals surface area (Å²) in [7, 11) is 3.98. The molecule has 1 aromatic heterocycles. The number of aromatic nitrogens is 2. The Bertz CT molecular complexity index is 273. The van der Waals surface area contributed by atoms with Gasteiger partial charge in [-0.15, -0.1) is 0 Å². The molecular formula is C9H15FN4. The number of hydrogen-bond acceptors (Lipinski definition) is 4. The van der Waals surface area contributed by atoms with Gasteiger partial charge in [0.25, 0.3) is 0 Å². The fraction of sp³-hybridized carbons (Fsp3) is 0.556. The molecular weight excluding hydrogens is 183 g/mol. The Labute approximate surface area is 83.2 Å². The number of rotatable bonds is 4. The summed E-state index contributed by atoms with van der Waals surface area (Å²) < 4.78 is 12.5. The van der Waals surface area contributed by atoms with E-state index < -0.39 is 5.82 Å². The van der Waals surface area contributed by atoms with E-state index in [-0.39, 0.29) is 6.04 Å². The molecule has 1 heterocycles. The van der Waals surface area contributed by atoms with Gasteiger partial charge in [0, 0.05) is 12.6 Å². The third-order valence-corrected chi connectivity index (χ3v) is 1.63. The quantitative estimate of drug-likeness (QED) is 0.783. The third-order valence-electron chi connectivity index (χ3n) is 1.63. The molecule has 0 bridgehead atoms. The Morgan fingerprint density at radius 2 is 2.00 bits per heavy atom. The van der Waals surface area contributed by atoms with E-state index in [0.29, 0.717) is 5.95 Å². The van der Waals surface area contributed by atoms with Crippen LogP contribution in [0.4, 0.5) is 10.3 Å². The first-order valence-electron chi connectivity index (χ1n) is 4.46. The van der Waals surface area contributed by atoms with Crippen molar-refractivity contribution >= 4 is 5.95 Å². The molecule has 0 aromatic carbocycles. The molecule has 0 radical (unpaired) electrons. The summed E-state index contributed by atoms with van der Waals surface area (Å²) in [5.74, 6) is 0.0385. The van der Waals surface area contributed by atoms with E-state index in [1.807, 2.05) is 21.0 Å². The van der Waals surface area contributed by atoms with E-state index in [9.17, 15) is 4.39 Å². The van der Waals surface area contributed by atoms with Gasteiger partial charge in [-0.05, 0) is 21.0 Å². The first kappa shape index (κ1) is 10.8. The summed E-state index contributed by atoms with van der Waals surface area (Å²) in [6, 6.07) is 0.232. The van der Waals surface area contributed by atoms with Crippen LogP contribution >= 0.6 is 0 Å². The van der Waals surface area contributed by atoms with E-state index in [0.717, 1.165) is 18.9 Å². The lowest BCUT2D eigenvalue weighted by molar-refractivity contribution is 0.391. The monoisotopic (exact) mass is 198 g/mol. The molecule has 0 spiro atoms. The number of anilines is 1. The predicted molar refractivity (Wildman–Crippen MR) is 53.6 cm³/mol. The number of nitrogens with zero attached hydrogens (tertiary/aromatic N) is 3. The topological polar surface area (TPSA) is 41.0 Å². The molecule has 1 atom stereocenters. The number of nitrogens with one attached hydrogen (secondary N) is 1. The molecule has 1 N–H and O–H groups in total. The molecule has 0 aliphatic carbocycles. The van der Waals surface area contributed by atoms with Crippen molar-refractivity contribution in [3.63, 3.8) is 0 Å². The Morgan fingerprint density at radius 1 is 1.43 bits per heavy atom. The number of hydrogen-bond donors (Lipinski definition) is 1. The molecule has 0 fully saturated rings. The van der Waals surface area contributed by atoms with Crippen molar-refractivity contribution in [3.8, 4) is 0 Å². The van der Waals surface area contributed by atoms with Crippen LogP contribution < -0.4 is 5.32 Å². The molecule has 0 saturated carbocycles. The smallest absolute Gasteiger partial charge is 0.223 e. The van der Waals surface area contributed by atoms with Crippen LogP contribution in [0.5, 0.6) is 0 Å². The van der Waals surface area contributed by atoms with E-state index >= 15 is 0 Å². The van der Waals surface area contributed by atoms with E-state index in [4.69, 9.17) is 0 Å². The molecule has 1 rings (SSSR count). The van der Waals surface area contributed by atoms with Crippen LogP contribution in [-0.2, 0) is 0 Å². The summed E-state index contributed by atoms with van der Waals surface area (Å²) in [5, 5.41) is 3.07. The Morgan fingerprint density at radius 3 is 2.50 bits per heavy atom. The molecule has 0 unspecified atom stereocenters. The van der Waals surface area contributed by atoms with Crippen LogP contribution in [0.2, 0.25) is 0 Å². The van der Waals surface area contributed by atoms with Gasteiger partial charge in [0.05, 0.1) is 12.4 Å². The highest BCUT2D eigenvalue weighted by Crippen LogP contribution is 2.00. The maximum absolute atomic E-state index is 12.5. The minimum Gasteiger partial charge on any atom is -0.350 e. The fourth-order valence-corrected chi connectivity index (χ4v) is 1.20. The zero-order valence-electron chi connectivity index (χ0n) is 8.66. The molecule has 0 amide bonds. The molecule has 0 aliphatic heterocycles. The fourth-order valence-electron chi connectivity index (χ4n) is 1.20. The molecule has 0 aliphatic rings. The zero-order valence-corrected chi connectivity index (χ0v) is 8.66. The molecule has 14 heavy (non-hydrogen) atoms. The highest BCUT2D eigenvalue weighted by molar-refractivity contribution is 5.24. The van der Waals surface area contributed by atoms with Crippen LogP contribution in [0.15, 0.2) is 12.4 Å². The molecule has 4 nitrogen and oxygen atoms in total. The molecule has 0 saturated heterocycles. The average Bonchev–Trinajstić information content (AvgIpc) is 2.07. The summed E-state index contributed by atoms with van der Waals surface area (Å²) in [6.07, 6.45) is 2.30. The maximum Gasteiger partial charge on any atom is 0.223 e. The zero-order chi connectivity index (χ0) is 10.6. The van der Waals surface area contributed by atoms with Gasteiger partial charge in [-0.3, -0.25) is 0 Å². The number of halogens is 1. The van der Waals surface area contributed by atoms with E-state index in [1.54, 1.807) is 0 Å². The third kappa shape index (κ3) is 3.66. The Kier molecular flexibility index (Phi) is 3.76. The predicted octanol–water partition coefficient (Wildman–Crippen LogP) is 0.978. The summed E-state index contributed by atoms with van der Waals surface area (Å²) in [4.78, 5) is 9.68. The van der Waals surface area contributed by atoms with E-state index in [1.165, 1.54) is 0 Å². The number of likely N-dealkylation sites (N-methyl/N-ethyl adjacent to an activating group) is 1. The lowest BCUT2D eigenvalue weighted by atomic mass is 10.3. The molecule has 1 aromatic rings. The van der Waals surface area contributed by atoms with Crippen LogP contribution in [-0.4, -0.2) is 41.5 Å². The highest BCUT2D eigenvalue weighted by atomic mass is 19.1. The summed E-state index contributed by atoms with van der Waals surface area (Å²) in [5.41, 5.74) is 0. The first-order chi connectivity index (χ1) is 6.58. The van der Waals surface area contributed by atoms with Gasteiger partial charge in [-0.2, -0.15) is 0 Å². The first-order valence-corrected chi connectivity index (χ1v) is 4.46. The molecule has 78 valence electrons. The lowest BCUT2D eigenvalue weighted by Crippen LogP contribution is -2.30. The van der Waals surface area contributed by atoms with Gasteiger partial charge in [0.1, 0.15) is 0 Å². The standard InChI is InChI=1S/C9H15FN4/c1-7(6-14(2)3)13-9-11-4-8(10)5-12-9/h4-5,7H,6H2,1-3H3,(H,11,12,13)/t7-/m0/s1. The van der Waals surface area contributed by atoms with Crippen molar-refractivity contribution in [1.82, 2.24) is 14.9 Å². The molecule has 5 heteroatoms. The average molecular weight is 198 g/mol. The van der Waals surface area contributed by atoms with E-state index in [2.05, 4.69) is 20.2 Å². The van der Waals surface area contributed by atoms with Crippen molar-refractivity contribution < 1.29 is 4.39 Å². The summed E-state index contributed by atoms with van der Waals surface area (Å²) in [6.45, 7) is 2.90. The second kappa shape index (κ2) is 4.85. The highest BCUT2D eigenvalue weighted by Gasteiger charge is 2.04. The lowest BCUT2D eigenvalue weighted by Gasteiger charge is -2.17. The van der Waals surface area contributed by atoms with Crippen molar-refractivity contribution in [2.24, 2.45) is 0 Å². The van der Waals surface area contributed by atoms with Gasteiger partial charge in [-0.1, -0.05) is 0 Å². The Hall–Kier alpha value is -1.23. The van der Waals surface area contributed by atoms with Gasteiger partial charge < -0.3 is 10.2 Å². The van der Waals surface area contributed by atoms with Crippen LogP contribution in [0.25, 0.3) is 0 Å². The summed E-state index contributed by atoms with van der Waals surface area (Å²) >= 11 is 0. The minimum absolute atomic E-state index is 0.232. The van der Waals surface area contributed by atoms with Crippen LogP contribution in [0, 0.1) is 5.82 Å². The van der Waals surface area contributed by atoms with Crippen LogP contribution in [0.1, 0.15) is 6.92 Å². The van der Waals surface area contributed by atoms with Crippen molar-refractivity contribution in [3.05, 3.63) is 18.2 Å². The Balaban J connectivity index is 2.47. The minimum atomic E-state index is -0.421. The van der Waals surface area contributed by atoms with Gasteiger partial charge in [-0.25, -0.2) is 14.4 Å². The SMILES string of the molecule is C[C@@H](CN(C)C)Nc1ncc(F)cn1. The second-order valence-electron chi connectivity index (χ2n) is 3.53. The van der Waals surface area contributed by atoms with Crippen LogP contribution in [0.3, 0.4) is 0 Å².